The van der Waals surface area contributed by atoms with Gasteiger partial charge in [-0.3, -0.25) is 0 Å². The van der Waals surface area contributed by atoms with Crippen LogP contribution in [0.4, 0.5) is 0 Å². The van der Waals surface area contributed by atoms with Gasteiger partial charge in [-0.25, -0.2) is 0 Å². The van der Waals surface area contributed by atoms with Crippen molar-refractivity contribution in [3.63, 3.8) is 0 Å². The molecule has 0 nitrogen and oxygen atoms in total. The summed E-state index contributed by atoms with van der Waals surface area (Å²) in [6, 6.07) is 40.6. The van der Waals surface area contributed by atoms with Gasteiger partial charge < -0.3 is 14.9 Å². The van der Waals surface area contributed by atoms with Crippen LogP contribution in [0.5, 0.6) is 0 Å². The van der Waals surface area contributed by atoms with Gasteiger partial charge in [-0.05, 0) is 45.9 Å². The van der Waals surface area contributed by atoms with E-state index in [-0.39, 0.29) is 45.1 Å². The van der Waals surface area contributed by atoms with E-state index in [0.717, 1.165) is 6.42 Å². The summed E-state index contributed by atoms with van der Waals surface area (Å²) in [5.74, 6) is 1.16. The van der Waals surface area contributed by atoms with E-state index in [2.05, 4.69) is 171 Å². The van der Waals surface area contributed by atoms with Gasteiger partial charge >= 0.3 is 30.2 Å². The second-order valence-corrected chi connectivity index (χ2v) is 13.4. The van der Waals surface area contributed by atoms with Crippen LogP contribution in [0.1, 0.15) is 89.5 Å². The second-order valence-electron chi connectivity index (χ2n) is 13.4. The number of halogens is 2. The number of rotatable bonds is 5. The number of aryl methyl sites for hydroxylation is 1. The van der Waals surface area contributed by atoms with Crippen LogP contribution >= 0.6 is 24.8 Å². The van der Waals surface area contributed by atoms with Crippen LogP contribution in [0.25, 0.3) is 43.8 Å². The zero-order valence-corrected chi connectivity index (χ0v) is 35.7. The first-order valence-electron chi connectivity index (χ1n) is 15.9. The van der Waals surface area contributed by atoms with Crippen molar-refractivity contribution in [2.45, 2.75) is 79.1 Å². The third-order valence-corrected chi connectivity index (χ3v) is 8.61. The van der Waals surface area contributed by atoms with Crippen LogP contribution in [0, 0.1) is 14.9 Å². The summed E-state index contributed by atoms with van der Waals surface area (Å²) >= 11 is 1.36. The van der Waals surface area contributed by atoms with Gasteiger partial charge in [0, 0.05) is 0 Å². The van der Waals surface area contributed by atoms with Crippen LogP contribution in [0.15, 0.2) is 109 Å². The minimum atomic E-state index is 0. The molecule has 0 saturated heterocycles. The van der Waals surface area contributed by atoms with Crippen molar-refractivity contribution in [1.29, 1.82) is 0 Å². The Morgan fingerprint density at radius 3 is 1.52 bits per heavy atom. The second kappa shape index (κ2) is 20.5. The van der Waals surface area contributed by atoms with Gasteiger partial charge in [-0.2, -0.15) is 12.1 Å². The van der Waals surface area contributed by atoms with Crippen LogP contribution in [-0.4, -0.2) is 6.88 Å². The van der Waals surface area contributed by atoms with Crippen molar-refractivity contribution in [2.75, 3.05) is 0 Å². The third-order valence-electron chi connectivity index (χ3n) is 8.61. The molecule has 0 amide bonds. The third kappa shape index (κ3) is 10.9. The molecule has 0 aliphatic carbocycles. The Bertz CT molecular complexity index is 1800. The average molecular weight is 773 g/mol. The van der Waals surface area contributed by atoms with E-state index >= 15 is 0 Å². The van der Waals surface area contributed by atoms with E-state index in [0.29, 0.717) is 11.8 Å². The Morgan fingerprint density at radius 2 is 1.08 bits per heavy atom. The fourth-order valence-corrected chi connectivity index (χ4v) is 5.79. The van der Waals surface area contributed by atoms with E-state index in [9.17, 15) is 0 Å². The molecule has 0 spiro atoms. The predicted octanol–water partition coefficient (Wildman–Crippen LogP) is 13.9. The topological polar surface area (TPSA) is 0 Å². The summed E-state index contributed by atoms with van der Waals surface area (Å²) in [6.07, 6.45) is 1.10. The summed E-state index contributed by atoms with van der Waals surface area (Å²) in [4.78, 5) is 0. The molecule has 0 fully saturated rings. The number of fused-ring (bicyclic) bond motifs is 2. The monoisotopic (exact) mass is 770 g/mol. The molecule has 0 unspecified atom stereocenters. The molecular weight excluding hydrogens is 719 g/mol. The van der Waals surface area contributed by atoms with Crippen LogP contribution in [0.2, 0.25) is 0 Å². The Morgan fingerprint density at radius 1 is 0.625 bits per heavy atom. The summed E-state index contributed by atoms with van der Waals surface area (Å²) in [5, 5.41) is 5.45. The fraction of sp³-hybridized carbons (Fsp3) is 0.273. The standard InChI is InChI=1S/C22H25.C20H21.2CH3.2ClH.Si.Zr/c1-15(2)18-13-17-7-6-8-20(21(17)14-18)16-9-11-19(12-10-16)22(3,4)5;1-4-15-12-18-6-5-7-19(20(18)13-15)17-10-8-16(9-11-17)14(2)3;;;;;;/h6-15H,1-5H3;5-14H,4H2,1-3H3;2*1H3;2*1H;;/q4*-1;;;;. The van der Waals surface area contributed by atoms with Crippen LogP contribution in [-0.2, 0) is 35.2 Å². The molecule has 0 aliphatic rings. The molecule has 0 N–H and O–H groups in total. The van der Waals surface area contributed by atoms with E-state index < -0.39 is 0 Å². The Balaban J connectivity index is 0.000000813. The first-order chi connectivity index (χ1) is 21.0. The molecule has 6 aromatic rings. The minimum absolute atomic E-state index is 0. The predicted molar refractivity (Wildman–Crippen MR) is 219 cm³/mol. The first-order valence-corrected chi connectivity index (χ1v) is 20.1. The zero-order valence-electron chi connectivity index (χ0n) is 30.6. The van der Waals surface area contributed by atoms with Gasteiger partial charge in [0.05, 0.1) is 0 Å². The van der Waals surface area contributed by atoms with Gasteiger partial charge in [-0.15, -0.1) is 93.9 Å². The molecule has 0 bridgehead atoms. The number of benzene rings is 4. The fourth-order valence-electron chi connectivity index (χ4n) is 5.79. The van der Waals surface area contributed by atoms with Crippen molar-refractivity contribution >= 4 is 53.2 Å². The molecular formula is C44H54Cl2SiZr-4. The molecule has 0 aliphatic heterocycles. The summed E-state index contributed by atoms with van der Waals surface area (Å²) in [5.41, 5.74) is 11.1. The molecule has 0 atom stereocenters. The zero-order chi connectivity index (χ0) is 32.0. The van der Waals surface area contributed by atoms with Gasteiger partial charge in [0.1, 0.15) is 0 Å². The molecule has 0 aromatic heterocycles. The number of hydrogen-bond donors (Lipinski definition) is 0. The Hall–Kier alpha value is -2.22. The number of hydrogen-bond acceptors (Lipinski definition) is 0. The molecule has 48 heavy (non-hydrogen) atoms. The molecule has 6 rings (SSSR count). The summed E-state index contributed by atoms with van der Waals surface area (Å²) < 4.78 is 0. The van der Waals surface area contributed by atoms with Gasteiger partial charge in [0.15, 0.2) is 0 Å². The summed E-state index contributed by atoms with van der Waals surface area (Å²) in [6.45, 7) is 21.0. The molecule has 256 valence electrons. The van der Waals surface area contributed by atoms with Crippen molar-refractivity contribution in [1.82, 2.24) is 0 Å². The van der Waals surface area contributed by atoms with Crippen molar-refractivity contribution in [3.8, 4) is 22.3 Å². The van der Waals surface area contributed by atoms with Crippen LogP contribution < -0.4 is 0 Å². The van der Waals surface area contributed by atoms with Crippen molar-refractivity contribution in [2.24, 2.45) is 0 Å². The maximum absolute atomic E-state index is 3.06. The van der Waals surface area contributed by atoms with E-state index in [1.807, 2.05) is 0 Å². The quantitative estimate of drug-likeness (QED) is 0.121. The SMILES string of the molecule is CC(C)c1cc2c(-c3ccc(C(C)(C)C)cc3)cccc2[cH-]1.CCc1cc2c(-c3ccc(C(C)C)cc3)cccc2[cH-]1.Cl.Cl.[CH3-].[CH3-].[Si]=[Zr]. The molecule has 4 heteroatoms. The van der Waals surface area contributed by atoms with Gasteiger partial charge in [0.2, 0.25) is 0 Å². The molecule has 6 aromatic carbocycles. The maximum atomic E-state index is 3.06. The molecule has 0 saturated carbocycles. The molecule has 0 heterocycles. The van der Waals surface area contributed by atoms with Gasteiger partial charge in [0.25, 0.3) is 0 Å². The van der Waals surface area contributed by atoms with E-state index in [1.165, 1.54) is 89.4 Å². The first kappa shape index (κ1) is 45.8. The van der Waals surface area contributed by atoms with Gasteiger partial charge in [-0.1, -0.05) is 127 Å². The van der Waals surface area contributed by atoms with Crippen molar-refractivity contribution in [3.05, 3.63) is 146 Å². The normalized spacial score (nSPS) is 10.4. The van der Waals surface area contributed by atoms with Crippen LogP contribution in [0.3, 0.4) is 0 Å². The van der Waals surface area contributed by atoms with E-state index in [1.54, 1.807) is 0 Å². The Labute approximate surface area is 321 Å². The summed E-state index contributed by atoms with van der Waals surface area (Å²) in [7, 11) is 0. The molecule has 2 radical (unpaired) electrons. The van der Waals surface area contributed by atoms with Crippen molar-refractivity contribution < 1.29 is 23.3 Å². The average Bonchev–Trinajstić information content (AvgIpc) is 3.67. The Kier molecular flexibility index (Phi) is 19.5. The van der Waals surface area contributed by atoms with E-state index in [4.69, 9.17) is 0 Å².